The molecule has 3 N–H and O–H groups in total. The highest BCUT2D eigenvalue weighted by molar-refractivity contribution is 5.78. The Morgan fingerprint density at radius 1 is 1.29 bits per heavy atom. The van der Waals surface area contributed by atoms with Crippen molar-refractivity contribution < 1.29 is 4.79 Å². The molecule has 0 bridgehead atoms. The van der Waals surface area contributed by atoms with Crippen LogP contribution in [0.5, 0.6) is 0 Å². The Morgan fingerprint density at radius 2 is 2.00 bits per heavy atom. The maximum atomic E-state index is 11.6. The summed E-state index contributed by atoms with van der Waals surface area (Å²) >= 11 is 0. The molecule has 0 radical (unpaired) electrons. The molecule has 2 unspecified atom stereocenters. The first-order chi connectivity index (χ1) is 8.26. The number of carbonyl (C=O) groups excluding carboxylic acids is 1. The number of likely N-dealkylation sites (tertiary alicyclic amines) is 1. The Hall–Kier alpha value is -0.610. The van der Waals surface area contributed by atoms with Gasteiger partial charge in [0.05, 0.1) is 0 Å². The first kappa shape index (κ1) is 12.8. The molecule has 1 amide bonds. The Labute approximate surface area is 104 Å². The van der Waals surface area contributed by atoms with Crippen LogP contribution in [0, 0.1) is 11.8 Å². The second-order valence-corrected chi connectivity index (χ2v) is 5.42. The fraction of sp³-hybridized carbons (Fsp3) is 0.923. The van der Waals surface area contributed by atoms with Crippen LogP contribution in [0.15, 0.2) is 0 Å². The largest absolute Gasteiger partial charge is 0.359 e. The zero-order valence-electron chi connectivity index (χ0n) is 10.8. The van der Waals surface area contributed by atoms with E-state index in [2.05, 4.69) is 10.2 Å². The van der Waals surface area contributed by atoms with E-state index in [4.69, 9.17) is 5.73 Å². The molecule has 1 aliphatic carbocycles. The van der Waals surface area contributed by atoms with Gasteiger partial charge in [-0.3, -0.25) is 4.79 Å². The third-order valence-electron chi connectivity index (χ3n) is 4.54. The predicted molar refractivity (Wildman–Crippen MR) is 68.5 cm³/mol. The van der Waals surface area contributed by atoms with Crippen molar-refractivity contribution in [1.29, 1.82) is 0 Å². The summed E-state index contributed by atoms with van der Waals surface area (Å²) in [4.78, 5) is 14.1. The van der Waals surface area contributed by atoms with Gasteiger partial charge >= 0.3 is 0 Å². The van der Waals surface area contributed by atoms with Crippen molar-refractivity contribution in [2.45, 2.75) is 38.1 Å². The zero-order valence-corrected chi connectivity index (χ0v) is 10.8. The number of rotatable bonds is 3. The lowest BCUT2D eigenvalue weighted by Gasteiger charge is -2.37. The monoisotopic (exact) mass is 239 g/mol. The maximum absolute atomic E-state index is 11.6. The first-order valence-electron chi connectivity index (χ1n) is 6.92. The molecule has 0 aromatic carbocycles. The van der Waals surface area contributed by atoms with Crippen molar-refractivity contribution in [3.05, 3.63) is 0 Å². The van der Waals surface area contributed by atoms with Crippen molar-refractivity contribution in [2.75, 3.05) is 26.7 Å². The molecule has 2 rings (SSSR count). The van der Waals surface area contributed by atoms with Crippen LogP contribution >= 0.6 is 0 Å². The SMILES string of the molecule is CNC(=O)C1CCN(C2CCCC2CN)CC1. The van der Waals surface area contributed by atoms with Crippen molar-refractivity contribution in [2.24, 2.45) is 17.6 Å². The zero-order chi connectivity index (χ0) is 12.3. The van der Waals surface area contributed by atoms with Crippen molar-refractivity contribution >= 4 is 5.91 Å². The molecule has 0 aromatic rings. The van der Waals surface area contributed by atoms with Crippen LogP contribution in [0.2, 0.25) is 0 Å². The average molecular weight is 239 g/mol. The van der Waals surface area contributed by atoms with E-state index in [9.17, 15) is 4.79 Å². The normalized spacial score (nSPS) is 31.6. The summed E-state index contributed by atoms with van der Waals surface area (Å²) in [5.41, 5.74) is 5.84. The van der Waals surface area contributed by atoms with Crippen LogP contribution in [0.1, 0.15) is 32.1 Å². The minimum atomic E-state index is 0.214. The number of piperidine rings is 1. The second kappa shape index (κ2) is 5.83. The van der Waals surface area contributed by atoms with Crippen LogP contribution in [-0.4, -0.2) is 43.5 Å². The van der Waals surface area contributed by atoms with Gasteiger partial charge in [-0.25, -0.2) is 0 Å². The topological polar surface area (TPSA) is 58.4 Å². The lowest BCUT2D eigenvalue weighted by molar-refractivity contribution is -0.126. The summed E-state index contributed by atoms with van der Waals surface area (Å²) in [6.07, 6.45) is 5.92. The van der Waals surface area contributed by atoms with E-state index < -0.39 is 0 Å². The van der Waals surface area contributed by atoms with E-state index in [1.54, 1.807) is 7.05 Å². The number of hydrogen-bond acceptors (Lipinski definition) is 3. The summed E-state index contributed by atoms with van der Waals surface area (Å²) in [5, 5.41) is 2.76. The number of nitrogens with one attached hydrogen (secondary N) is 1. The standard InChI is InChI=1S/C13H25N3O/c1-15-13(17)10-5-7-16(8-6-10)12-4-2-3-11(12)9-14/h10-12H,2-9,14H2,1H3,(H,15,17). The molecule has 0 spiro atoms. The van der Waals surface area contributed by atoms with Crippen molar-refractivity contribution in [3.8, 4) is 0 Å². The molecule has 4 heteroatoms. The second-order valence-electron chi connectivity index (χ2n) is 5.42. The highest BCUT2D eigenvalue weighted by Gasteiger charge is 2.34. The highest BCUT2D eigenvalue weighted by Crippen LogP contribution is 2.31. The molecule has 98 valence electrons. The van der Waals surface area contributed by atoms with E-state index in [1.165, 1.54) is 19.3 Å². The molecular weight excluding hydrogens is 214 g/mol. The fourth-order valence-corrected chi connectivity index (χ4v) is 3.47. The molecule has 2 aliphatic rings. The van der Waals surface area contributed by atoms with Gasteiger partial charge in [0.25, 0.3) is 0 Å². The maximum Gasteiger partial charge on any atom is 0.222 e. The number of nitrogens with zero attached hydrogens (tertiary/aromatic N) is 1. The quantitative estimate of drug-likeness (QED) is 0.757. The smallest absolute Gasteiger partial charge is 0.222 e. The van der Waals surface area contributed by atoms with Gasteiger partial charge in [0.2, 0.25) is 5.91 Å². The predicted octanol–water partition coefficient (Wildman–Crippen LogP) is 0.572. The number of hydrogen-bond donors (Lipinski definition) is 2. The van der Waals surface area contributed by atoms with Gasteiger partial charge in [-0.2, -0.15) is 0 Å². The van der Waals surface area contributed by atoms with Crippen LogP contribution in [-0.2, 0) is 4.79 Å². The third kappa shape index (κ3) is 2.80. The molecule has 1 aliphatic heterocycles. The minimum absolute atomic E-state index is 0.214. The third-order valence-corrected chi connectivity index (χ3v) is 4.54. The van der Waals surface area contributed by atoms with Crippen molar-refractivity contribution in [3.63, 3.8) is 0 Å². The molecule has 0 aromatic heterocycles. The average Bonchev–Trinajstić information content (AvgIpc) is 2.86. The van der Waals surface area contributed by atoms with Crippen LogP contribution in [0.4, 0.5) is 0 Å². The van der Waals surface area contributed by atoms with E-state index >= 15 is 0 Å². The van der Waals surface area contributed by atoms with E-state index in [1.807, 2.05) is 0 Å². The number of amides is 1. The van der Waals surface area contributed by atoms with Gasteiger partial charge in [-0.15, -0.1) is 0 Å². The Morgan fingerprint density at radius 3 is 2.59 bits per heavy atom. The summed E-state index contributed by atoms with van der Waals surface area (Å²) in [6, 6.07) is 0.686. The van der Waals surface area contributed by atoms with E-state index in [0.29, 0.717) is 12.0 Å². The molecular formula is C13H25N3O. The first-order valence-corrected chi connectivity index (χ1v) is 6.92. The van der Waals surface area contributed by atoms with Gasteiger partial charge < -0.3 is 16.0 Å². The fourth-order valence-electron chi connectivity index (χ4n) is 3.47. The van der Waals surface area contributed by atoms with Crippen molar-refractivity contribution in [1.82, 2.24) is 10.2 Å². The van der Waals surface area contributed by atoms with Gasteiger partial charge in [-0.1, -0.05) is 6.42 Å². The Kier molecular flexibility index (Phi) is 4.40. The molecule has 2 atom stereocenters. The summed E-state index contributed by atoms with van der Waals surface area (Å²) in [6.45, 7) is 2.96. The van der Waals surface area contributed by atoms with Crippen LogP contribution in [0.25, 0.3) is 0 Å². The minimum Gasteiger partial charge on any atom is -0.359 e. The molecule has 17 heavy (non-hydrogen) atoms. The summed E-state index contributed by atoms with van der Waals surface area (Å²) in [7, 11) is 1.73. The lowest BCUT2D eigenvalue weighted by atomic mass is 9.93. The Bertz CT molecular complexity index is 261. The summed E-state index contributed by atoms with van der Waals surface area (Å²) in [5.74, 6) is 1.13. The molecule has 1 heterocycles. The van der Waals surface area contributed by atoms with Gasteiger partial charge in [0, 0.05) is 19.0 Å². The molecule has 2 fully saturated rings. The summed E-state index contributed by atoms with van der Waals surface area (Å²) < 4.78 is 0. The molecule has 1 saturated carbocycles. The Balaban J connectivity index is 1.84. The highest BCUT2D eigenvalue weighted by atomic mass is 16.1. The van der Waals surface area contributed by atoms with E-state index in [0.717, 1.165) is 32.5 Å². The van der Waals surface area contributed by atoms with Gasteiger partial charge in [-0.05, 0) is 51.2 Å². The molecule has 4 nitrogen and oxygen atoms in total. The van der Waals surface area contributed by atoms with Gasteiger partial charge in [0.1, 0.15) is 0 Å². The number of carbonyl (C=O) groups is 1. The number of nitrogens with two attached hydrogens (primary N) is 1. The van der Waals surface area contributed by atoms with Crippen LogP contribution < -0.4 is 11.1 Å². The van der Waals surface area contributed by atoms with Gasteiger partial charge in [0.15, 0.2) is 0 Å². The lowest BCUT2D eigenvalue weighted by Crippen LogP contribution is -2.46. The van der Waals surface area contributed by atoms with E-state index in [-0.39, 0.29) is 11.8 Å². The van der Waals surface area contributed by atoms with Crippen LogP contribution in [0.3, 0.4) is 0 Å². The molecule has 1 saturated heterocycles.